The molecule has 2 aliphatic rings. The highest BCUT2D eigenvalue weighted by Crippen LogP contribution is 2.34. The first-order chi connectivity index (χ1) is 15.4. The van der Waals surface area contributed by atoms with Crippen LogP contribution in [0.15, 0.2) is 59.6 Å². The van der Waals surface area contributed by atoms with Crippen molar-refractivity contribution in [3.05, 3.63) is 71.4 Å². The highest BCUT2D eigenvalue weighted by atomic mass is 32.2. The van der Waals surface area contributed by atoms with Gasteiger partial charge in [-0.2, -0.15) is 4.31 Å². The maximum absolute atomic E-state index is 14.6. The number of fused-ring (bicyclic) bond motifs is 1. The number of amides is 1. The van der Waals surface area contributed by atoms with Crippen LogP contribution in [0.5, 0.6) is 0 Å². The molecule has 0 spiro atoms. The minimum Gasteiger partial charge on any atom is -0.445 e. The van der Waals surface area contributed by atoms with Crippen molar-refractivity contribution in [1.29, 1.82) is 0 Å². The van der Waals surface area contributed by atoms with Gasteiger partial charge in [-0.15, -0.1) is 0 Å². The third-order valence-corrected chi connectivity index (χ3v) is 7.42. The molecule has 0 bridgehead atoms. The van der Waals surface area contributed by atoms with Gasteiger partial charge in [-0.25, -0.2) is 17.6 Å². The summed E-state index contributed by atoms with van der Waals surface area (Å²) in [6, 6.07) is 13.8. The molecule has 0 aromatic heterocycles. The summed E-state index contributed by atoms with van der Waals surface area (Å²) in [5, 5.41) is 10.3. The first-order valence-corrected chi connectivity index (χ1v) is 11.7. The molecular formula is C22H24FN3O5S. The van der Waals surface area contributed by atoms with Crippen molar-refractivity contribution in [2.24, 2.45) is 0 Å². The van der Waals surface area contributed by atoms with E-state index in [4.69, 9.17) is 4.74 Å². The van der Waals surface area contributed by atoms with Crippen molar-refractivity contribution in [1.82, 2.24) is 14.3 Å². The number of hydrogen-bond acceptors (Lipinski definition) is 6. The van der Waals surface area contributed by atoms with Gasteiger partial charge in [0.15, 0.2) is 0 Å². The van der Waals surface area contributed by atoms with Gasteiger partial charge in [0.2, 0.25) is 10.0 Å². The number of carbonyl (C=O) groups excluding carboxylic acids is 1. The van der Waals surface area contributed by atoms with E-state index in [1.54, 1.807) is 6.07 Å². The van der Waals surface area contributed by atoms with Crippen molar-refractivity contribution in [2.75, 3.05) is 26.2 Å². The number of ether oxygens (including phenoxy) is 1. The van der Waals surface area contributed by atoms with Crippen LogP contribution in [-0.4, -0.2) is 60.2 Å². The molecular weight excluding hydrogens is 437 g/mol. The molecule has 10 heteroatoms. The Morgan fingerprint density at radius 1 is 1.03 bits per heavy atom. The molecule has 0 aliphatic carbocycles. The molecule has 1 fully saturated rings. The van der Waals surface area contributed by atoms with Gasteiger partial charge in [0.25, 0.3) is 0 Å². The van der Waals surface area contributed by atoms with Crippen molar-refractivity contribution in [2.45, 2.75) is 24.5 Å². The Labute approximate surface area is 186 Å². The molecule has 8 nitrogen and oxygen atoms in total. The predicted molar refractivity (Wildman–Crippen MR) is 114 cm³/mol. The van der Waals surface area contributed by atoms with Crippen molar-refractivity contribution >= 4 is 21.9 Å². The van der Waals surface area contributed by atoms with Gasteiger partial charge in [-0.05, 0) is 23.6 Å². The number of benzene rings is 2. The van der Waals surface area contributed by atoms with Crippen molar-refractivity contribution in [3.63, 3.8) is 0 Å². The summed E-state index contributed by atoms with van der Waals surface area (Å²) in [4.78, 5) is 13.8. The normalized spacial score (nSPS) is 17.4. The third kappa shape index (κ3) is 4.62. The van der Waals surface area contributed by atoms with Crippen LogP contribution in [0, 0.1) is 0 Å². The molecule has 0 saturated carbocycles. The smallest absolute Gasteiger partial charge is 0.410 e. The number of sulfonamides is 1. The molecule has 1 N–H and O–H groups in total. The monoisotopic (exact) mass is 461 g/mol. The molecule has 1 amide bonds. The Balaban J connectivity index is 1.46. The lowest BCUT2D eigenvalue weighted by Crippen LogP contribution is -2.38. The fourth-order valence-electron chi connectivity index (χ4n) is 3.88. The zero-order valence-corrected chi connectivity index (χ0v) is 18.2. The van der Waals surface area contributed by atoms with Gasteiger partial charge in [0.1, 0.15) is 12.4 Å². The molecule has 32 heavy (non-hydrogen) atoms. The molecule has 2 aromatic carbocycles. The number of nitrogens with zero attached hydrogens (tertiary/aromatic N) is 3. The van der Waals surface area contributed by atoms with Crippen molar-refractivity contribution in [3.8, 4) is 0 Å². The van der Waals surface area contributed by atoms with E-state index in [1.165, 1.54) is 21.3 Å². The summed E-state index contributed by atoms with van der Waals surface area (Å²) >= 11 is 0. The second-order valence-electron chi connectivity index (χ2n) is 7.65. The Bertz CT molecular complexity index is 1120. The van der Waals surface area contributed by atoms with Crippen LogP contribution in [0.2, 0.25) is 0 Å². The second-order valence-corrected chi connectivity index (χ2v) is 9.56. The summed E-state index contributed by atoms with van der Waals surface area (Å²) < 4.78 is 47.9. The number of hydroxylamine groups is 2. The van der Waals surface area contributed by atoms with Gasteiger partial charge in [-0.1, -0.05) is 42.5 Å². The number of carbonyl (C=O) groups is 1. The molecule has 1 saturated heterocycles. The maximum atomic E-state index is 14.6. The minimum atomic E-state index is -4.01. The predicted octanol–water partition coefficient (Wildman–Crippen LogP) is 3.19. The molecule has 2 heterocycles. The Kier molecular flexibility index (Phi) is 6.45. The van der Waals surface area contributed by atoms with Crippen LogP contribution in [0.3, 0.4) is 0 Å². The summed E-state index contributed by atoms with van der Waals surface area (Å²) in [7, 11) is -4.01. The zero-order chi connectivity index (χ0) is 22.7. The lowest BCUT2D eigenvalue weighted by molar-refractivity contribution is -0.0510. The summed E-state index contributed by atoms with van der Waals surface area (Å²) in [6.45, 7) is 0.940. The van der Waals surface area contributed by atoms with Gasteiger partial charge in [-0.3, -0.25) is 10.3 Å². The standard InChI is InChI=1S/C22H24FN3O5S/c23-19-15-25(28)14-18-8-4-9-20(21(18)19)32(29,30)26-11-5-10-24(12-13-26)22(27)31-16-17-6-2-1-3-7-17/h1-4,6-9,15,28H,5,10-14,16H2. The topological polar surface area (TPSA) is 90.4 Å². The molecule has 2 aromatic rings. The van der Waals surface area contributed by atoms with Crippen molar-refractivity contribution < 1.29 is 27.5 Å². The summed E-state index contributed by atoms with van der Waals surface area (Å²) in [5.74, 6) is -0.811. The van der Waals surface area contributed by atoms with E-state index in [0.29, 0.717) is 23.6 Å². The van der Waals surface area contributed by atoms with Gasteiger partial charge < -0.3 is 9.64 Å². The second kappa shape index (κ2) is 9.27. The maximum Gasteiger partial charge on any atom is 0.410 e. The first-order valence-electron chi connectivity index (χ1n) is 10.3. The quantitative estimate of drug-likeness (QED) is 0.752. The number of hydrogen-bond donors (Lipinski definition) is 1. The van der Waals surface area contributed by atoms with E-state index in [9.17, 15) is 22.8 Å². The summed E-state index contributed by atoms with van der Waals surface area (Å²) in [5.41, 5.74) is 1.22. The Hall–Kier alpha value is -2.95. The van der Waals surface area contributed by atoms with E-state index in [2.05, 4.69) is 0 Å². The molecule has 0 atom stereocenters. The van der Waals surface area contributed by atoms with E-state index in [0.717, 1.165) is 11.8 Å². The average molecular weight is 462 g/mol. The molecule has 0 radical (unpaired) electrons. The molecule has 2 aliphatic heterocycles. The van der Waals surface area contributed by atoms with E-state index in [1.807, 2.05) is 30.3 Å². The SMILES string of the molecule is O=C(OCc1ccccc1)N1CCCN(S(=O)(=O)c2cccc3c2C(F)=CN(O)C3)CC1. The first kappa shape index (κ1) is 22.3. The highest BCUT2D eigenvalue weighted by molar-refractivity contribution is 7.89. The third-order valence-electron chi connectivity index (χ3n) is 5.48. The van der Waals surface area contributed by atoms with Gasteiger partial charge in [0.05, 0.1) is 17.6 Å². The fourth-order valence-corrected chi connectivity index (χ4v) is 5.58. The van der Waals surface area contributed by atoms with Crippen LogP contribution in [0.1, 0.15) is 23.1 Å². The highest BCUT2D eigenvalue weighted by Gasteiger charge is 2.33. The van der Waals surface area contributed by atoms with Crippen LogP contribution in [0.4, 0.5) is 9.18 Å². The Morgan fingerprint density at radius 2 is 1.81 bits per heavy atom. The minimum absolute atomic E-state index is 0.00680. The van der Waals surface area contributed by atoms with Crippen LogP contribution >= 0.6 is 0 Å². The number of rotatable bonds is 4. The molecule has 4 rings (SSSR count). The lowest BCUT2D eigenvalue weighted by Gasteiger charge is -2.26. The van der Waals surface area contributed by atoms with Crippen LogP contribution in [0.25, 0.3) is 5.83 Å². The van der Waals surface area contributed by atoms with E-state index >= 15 is 0 Å². The summed E-state index contributed by atoms with van der Waals surface area (Å²) in [6.07, 6.45) is 0.799. The van der Waals surface area contributed by atoms with Gasteiger partial charge >= 0.3 is 6.09 Å². The van der Waals surface area contributed by atoms with Crippen LogP contribution in [-0.2, 0) is 27.9 Å². The zero-order valence-electron chi connectivity index (χ0n) is 17.4. The molecule has 0 unspecified atom stereocenters. The number of halogens is 1. The van der Waals surface area contributed by atoms with Gasteiger partial charge in [0, 0.05) is 31.7 Å². The Morgan fingerprint density at radius 3 is 2.59 bits per heavy atom. The molecule has 170 valence electrons. The average Bonchev–Trinajstić information content (AvgIpc) is 3.04. The fraction of sp³-hybridized carbons (Fsp3) is 0.318. The largest absolute Gasteiger partial charge is 0.445 e. The van der Waals surface area contributed by atoms with E-state index in [-0.39, 0.29) is 43.2 Å². The van der Waals surface area contributed by atoms with E-state index < -0.39 is 21.9 Å². The lowest BCUT2D eigenvalue weighted by atomic mass is 10.0. The van der Waals surface area contributed by atoms with Crippen LogP contribution < -0.4 is 0 Å².